The van der Waals surface area contributed by atoms with Gasteiger partial charge in [0, 0.05) is 18.8 Å². The minimum Gasteiger partial charge on any atom is -0.395 e. The van der Waals surface area contributed by atoms with Crippen LogP contribution in [0.5, 0.6) is 0 Å². The van der Waals surface area contributed by atoms with Gasteiger partial charge in [0.15, 0.2) is 5.43 Å². The molecule has 0 radical (unpaired) electrons. The lowest BCUT2D eigenvalue weighted by molar-refractivity contribution is 0.0997. The number of carbonyl (C=O) groups is 1. The van der Waals surface area contributed by atoms with Crippen LogP contribution >= 0.6 is 0 Å². The second-order valence-corrected chi connectivity index (χ2v) is 4.57. The van der Waals surface area contributed by atoms with Gasteiger partial charge in [0.25, 0.3) is 5.91 Å². The van der Waals surface area contributed by atoms with Crippen molar-refractivity contribution in [2.45, 2.75) is 12.6 Å². The monoisotopic (exact) mass is 288 g/mol. The molecule has 0 aliphatic rings. The Morgan fingerprint density at radius 2 is 1.95 bits per heavy atom. The number of primary amides is 1. The first kappa shape index (κ1) is 15.0. The summed E-state index contributed by atoms with van der Waals surface area (Å²) in [4.78, 5) is 23.1. The van der Waals surface area contributed by atoms with E-state index in [1.807, 2.05) is 6.07 Å². The van der Waals surface area contributed by atoms with Gasteiger partial charge in [-0.2, -0.15) is 0 Å². The van der Waals surface area contributed by atoms with Crippen LogP contribution in [-0.4, -0.2) is 27.3 Å². The fourth-order valence-corrected chi connectivity index (χ4v) is 2.12. The number of rotatable bonds is 5. The summed E-state index contributed by atoms with van der Waals surface area (Å²) in [6.07, 6.45) is 0.231. The molecule has 4 N–H and O–H groups in total. The molecule has 0 aliphatic carbocycles. The number of carbonyl (C=O) groups excluding carboxylic acids is 1. The summed E-state index contributed by atoms with van der Waals surface area (Å²) in [6.45, 7) is -0.0601. The Hall–Kier alpha value is -2.44. The van der Waals surface area contributed by atoms with Crippen LogP contribution in [0.2, 0.25) is 0 Å². The standard InChI is InChI=1S/C15H16N2O4/c16-15(21)11-9-17(6-7-18)12(8-13(11)19)14(20)10-4-2-1-3-5-10/h1-5,8-9,14,18,20H,6-7H2,(H2,16,21). The largest absolute Gasteiger partial charge is 0.395 e. The van der Waals surface area contributed by atoms with Crippen LogP contribution in [0, 0.1) is 0 Å². The average molecular weight is 288 g/mol. The van der Waals surface area contributed by atoms with Gasteiger partial charge in [-0.1, -0.05) is 30.3 Å². The fourth-order valence-electron chi connectivity index (χ4n) is 2.12. The van der Waals surface area contributed by atoms with Crippen molar-refractivity contribution in [3.8, 4) is 0 Å². The summed E-state index contributed by atoms with van der Waals surface area (Å²) < 4.78 is 1.46. The van der Waals surface area contributed by atoms with Crippen molar-refractivity contribution < 1.29 is 15.0 Å². The van der Waals surface area contributed by atoms with Gasteiger partial charge >= 0.3 is 0 Å². The van der Waals surface area contributed by atoms with E-state index in [0.717, 1.165) is 0 Å². The van der Waals surface area contributed by atoms with Crippen LogP contribution in [0.4, 0.5) is 0 Å². The number of hydrogen-bond acceptors (Lipinski definition) is 4. The van der Waals surface area contributed by atoms with Gasteiger partial charge in [-0.3, -0.25) is 9.59 Å². The smallest absolute Gasteiger partial charge is 0.254 e. The summed E-state index contributed by atoms with van der Waals surface area (Å²) >= 11 is 0. The SMILES string of the molecule is NC(=O)c1cn(CCO)c(C(O)c2ccccc2)cc1=O. The van der Waals surface area contributed by atoms with Crippen molar-refractivity contribution in [1.29, 1.82) is 0 Å². The number of amides is 1. The molecule has 6 nitrogen and oxygen atoms in total. The summed E-state index contributed by atoms with van der Waals surface area (Å²) in [6, 6.07) is 9.97. The van der Waals surface area contributed by atoms with Crippen molar-refractivity contribution in [3.63, 3.8) is 0 Å². The predicted molar refractivity (Wildman–Crippen MR) is 76.8 cm³/mol. The van der Waals surface area contributed by atoms with E-state index in [4.69, 9.17) is 10.8 Å². The lowest BCUT2D eigenvalue weighted by Gasteiger charge is -2.18. The molecule has 1 heterocycles. The summed E-state index contributed by atoms with van der Waals surface area (Å²) in [5.41, 5.74) is 5.32. The number of nitrogens with two attached hydrogens (primary N) is 1. The molecule has 0 spiro atoms. The van der Waals surface area contributed by atoms with E-state index in [0.29, 0.717) is 11.3 Å². The Labute approximate surface area is 121 Å². The van der Waals surface area contributed by atoms with Crippen molar-refractivity contribution in [2.24, 2.45) is 5.73 Å². The average Bonchev–Trinajstić information content (AvgIpc) is 2.48. The Bertz CT molecular complexity index is 695. The highest BCUT2D eigenvalue weighted by molar-refractivity contribution is 5.92. The molecule has 0 saturated carbocycles. The lowest BCUT2D eigenvalue weighted by Crippen LogP contribution is -2.26. The molecule has 1 amide bonds. The minimum absolute atomic E-state index is 0.139. The van der Waals surface area contributed by atoms with E-state index < -0.39 is 17.4 Å². The highest BCUT2D eigenvalue weighted by Crippen LogP contribution is 2.20. The van der Waals surface area contributed by atoms with Crippen LogP contribution in [0.3, 0.4) is 0 Å². The Morgan fingerprint density at radius 3 is 2.52 bits per heavy atom. The molecule has 21 heavy (non-hydrogen) atoms. The second-order valence-electron chi connectivity index (χ2n) is 4.57. The number of pyridine rings is 1. The molecule has 0 bridgehead atoms. The van der Waals surface area contributed by atoms with Crippen molar-refractivity contribution >= 4 is 5.91 Å². The third-order valence-electron chi connectivity index (χ3n) is 3.16. The number of nitrogens with zero attached hydrogens (tertiary/aromatic N) is 1. The van der Waals surface area contributed by atoms with Gasteiger partial charge in [-0.05, 0) is 5.56 Å². The zero-order valence-corrected chi connectivity index (χ0v) is 11.3. The second kappa shape index (κ2) is 6.34. The first-order valence-corrected chi connectivity index (χ1v) is 6.42. The fraction of sp³-hybridized carbons (Fsp3) is 0.200. The van der Waals surface area contributed by atoms with E-state index in [2.05, 4.69) is 0 Å². The van der Waals surface area contributed by atoms with Gasteiger partial charge < -0.3 is 20.5 Å². The van der Waals surface area contributed by atoms with E-state index in [-0.39, 0.29) is 18.7 Å². The van der Waals surface area contributed by atoms with Crippen LogP contribution in [-0.2, 0) is 6.54 Å². The number of aliphatic hydroxyl groups is 2. The highest BCUT2D eigenvalue weighted by atomic mass is 16.3. The molecule has 1 unspecified atom stereocenters. The van der Waals surface area contributed by atoms with Crippen LogP contribution in [0.1, 0.15) is 27.7 Å². The lowest BCUT2D eigenvalue weighted by atomic mass is 10.0. The van der Waals surface area contributed by atoms with E-state index in [1.165, 1.54) is 16.8 Å². The molecule has 0 aliphatic heterocycles. The molecule has 2 aromatic rings. The highest BCUT2D eigenvalue weighted by Gasteiger charge is 2.17. The number of benzene rings is 1. The predicted octanol–water partition coefficient (Wildman–Crippen LogP) is 0.0212. The molecule has 1 atom stereocenters. The number of aliphatic hydroxyl groups excluding tert-OH is 2. The first-order chi connectivity index (χ1) is 10.0. The van der Waals surface area contributed by atoms with E-state index in [9.17, 15) is 14.7 Å². The Morgan fingerprint density at radius 1 is 1.29 bits per heavy atom. The normalized spacial score (nSPS) is 12.1. The molecule has 6 heteroatoms. The molecule has 2 rings (SSSR count). The molecule has 0 saturated heterocycles. The van der Waals surface area contributed by atoms with Crippen molar-refractivity contribution in [3.05, 3.63) is 69.6 Å². The van der Waals surface area contributed by atoms with Crippen molar-refractivity contribution in [2.75, 3.05) is 6.61 Å². The zero-order valence-electron chi connectivity index (χ0n) is 11.3. The summed E-state index contributed by atoms with van der Waals surface area (Å²) in [5, 5.41) is 19.5. The molecular formula is C15H16N2O4. The topological polar surface area (TPSA) is 106 Å². The van der Waals surface area contributed by atoms with Crippen molar-refractivity contribution in [1.82, 2.24) is 4.57 Å². The zero-order chi connectivity index (χ0) is 15.4. The van der Waals surface area contributed by atoms with Gasteiger partial charge in [-0.15, -0.1) is 0 Å². The number of aromatic nitrogens is 1. The Kier molecular flexibility index (Phi) is 4.52. The quantitative estimate of drug-likeness (QED) is 0.721. The molecule has 110 valence electrons. The molecule has 0 fully saturated rings. The maximum absolute atomic E-state index is 11.9. The maximum Gasteiger partial charge on any atom is 0.254 e. The van der Waals surface area contributed by atoms with Gasteiger partial charge in [0.1, 0.15) is 11.7 Å². The molecule has 1 aromatic heterocycles. The third kappa shape index (κ3) is 3.18. The molecular weight excluding hydrogens is 272 g/mol. The van der Waals surface area contributed by atoms with E-state index >= 15 is 0 Å². The van der Waals surface area contributed by atoms with Gasteiger partial charge in [-0.25, -0.2) is 0 Å². The number of hydrogen-bond donors (Lipinski definition) is 3. The van der Waals surface area contributed by atoms with Crippen LogP contribution < -0.4 is 11.2 Å². The summed E-state index contributed by atoms with van der Waals surface area (Å²) in [5.74, 6) is -0.840. The minimum atomic E-state index is -1.03. The third-order valence-corrected chi connectivity index (χ3v) is 3.16. The summed E-state index contributed by atoms with van der Waals surface area (Å²) in [7, 11) is 0. The Balaban J connectivity index is 2.54. The maximum atomic E-state index is 11.9. The molecule has 1 aromatic carbocycles. The van der Waals surface area contributed by atoms with Gasteiger partial charge in [0.05, 0.1) is 12.3 Å². The van der Waals surface area contributed by atoms with E-state index in [1.54, 1.807) is 24.3 Å². The van der Waals surface area contributed by atoms with Gasteiger partial charge in [0.2, 0.25) is 0 Å². The first-order valence-electron chi connectivity index (χ1n) is 6.42. The van der Waals surface area contributed by atoms with Crippen LogP contribution in [0.25, 0.3) is 0 Å². The van der Waals surface area contributed by atoms with Crippen LogP contribution in [0.15, 0.2) is 47.4 Å².